The highest BCUT2D eigenvalue weighted by Crippen LogP contribution is 2.17. The standard InChI is InChI=1S/C13H24N4/c1-9(2)7-5-6-8-15-13-10(3)12(14)16-11(4)17-13/h9H,5-8H2,1-4H3,(H3,14,15,16,17). The van der Waals surface area contributed by atoms with Gasteiger partial charge >= 0.3 is 0 Å². The fourth-order valence-corrected chi connectivity index (χ4v) is 1.71. The lowest BCUT2D eigenvalue weighted by Crippen LogP contribution is -2.09. The average molecular weight is 236 g/mol. The molecule has 0 aliphatic rings. The molecule has 0 amide bonds. The summed E-state index contributed by atoms with van der Waals surface area (Å²) >= 11 is 0. The Kier molecular flexibility index (Phi) is 5.19. The molecule has 96 valence electrons. The first-order chi connectivity index (χ1) is 8.00. The summed E-state index contributed by atoms with van der Waals surface area (Å²) in [5.41, 5.74) is 6.74. The zero-order valence-electron chi connectivity index (χ0n) is 11.4. The van der Waals surface area contributed by atoms with Crippen LogP contribution in [0.3, 0.4) is 0 Å². The van der Waals surface area contributed by atoms with Gasteiger partial charge in [-0.3, -0.25) is 0 Å². The highest BCUT2D eigenvalue weighted by Gasteiger charge is 2.05. The molecule has 0 bridgehead atoms. The van der Waals surface area contributed by atoms with E-state index in [0.29, 0.717) is 5.82 Å². The molecule has 17 heavy (non-hydrogen) atoms. The highest BCUT2D eigenvalue weighted by molar-refractivity contribution is 5.54. The van der Waals surface area contributed by atoms with Crippen molar-refractivity contribution in [1.82, 2.24) is 9.97 Å². The van der Waals surface area contributed by atoms with E-state index in [1.54, 1.807) is 0 Å². The second-order valence-electron chi connectivity index (χ2n) is 4.95. The topological polar surface area (TPSA) is 63.8 Å². The Labute approximate surface area is 104 Å². The quantitative estimate of drug-likeness (QED) is 0.745. The van der Waals surface area contributed by atoms with E-state index in [-0.39, 0.29) is 0 Å². The van der Waals surface area contributed by atoms with Crippen LogP contribution in [0.25, 0.3) is 0 Å². The maximum Gasteiger partial charge on any atom is 0.134 e. The predicted octanol–water partition coefficient (Wildman–Crippen LogP) is 2.91. The van der Waals surface area contributed by atoms with Gasteiger partial charge in [-0.15, -0.1) is 0 Å². The van der Waals surface area contributed by atoms with Crippen molar-refractivity contribution in [2.24, 2.45) is 5.92 Å². The molecule has 3 N–H and O–H groups in total. The number of hydrogen-bond donors (Lipinski definition) is 2. The number of unbranched alkanes of at least 4 members (excludes halogenated alkanes) is 1. The lowest BCUT2D eigenvalue weighted by atomic mass is 10.1. The Bertz CT molecular complexity index is 361. The molecule has 4 nitrogen and oxygen atoms in total. The summed E-state index contributed by atoms with van der Waals surface area (Å²) in [7, 11) is 0. The van der Waals surface area contributed by atoms with Gasteiger partial charge in [0, 0.05) is 12.1 Å². The fraction of sp³-hybridized carbons (Fsp3) is 0.692. The molecule has 4 heteroatoms. The number of nitrogen functional groups attached to an aromatic ring is 1. The highest BCUT2D eigenvalue weighted by atomic mass is 15.0. The molecule has 0 radical (unpaired) electrons. The van der Waals surface area contributed by atoms with Crippen LogP contribution in [0.4, 0.5) is 11.6 Å². The van der Waals surface area contributed by atoms with Gasteiger partial charge in [0.05, 0.1) is 0 Å². The molecule has 1 aromatic rings. The molecule has 0 fully saturated rings. The zero-order chi connectivity index (χ0) is 12.8. The molecule has 1 heterocycles. The molecule has 0 aliphatic carbocycles. The second kappa shape index (κ2) is 6.42. The third-order valence-electron chi connectivity index (χ3n) is 2.80. The number of nitrogens with zero attached hydrogens (tertiary/aromatic N) is 2. The van der Waals surface area contributed by atoms with Gasteiger partial charge in [-0.05, 0) is 26.2 Å². The Balaban J connectivity index is 2.41. The van der Waals surface area contributed by atoms with Crippen LogP contribution < -0.4 is 11.1 Å². The largest absolute Gasteiger partial charge is 0.383 e. The molecule has 0 saturated heterocycles. The number of aromatic nitrogens is 2. The van der Waals surface area contributed by atoms with E-state index in [1.165, 1.54) is 19.3 Å². The van der Waals surface area contributed by atoms with Crippen LogP contribution in [-0.2, 0) is 0 Å². The van der Waals surface area contributed by atoms with Gasteiger partial charge in [0.1, 0.15) is 17.5 Å². The molecule has 1 rings (SSSR count). The molecule has 1 aromatic heterocycles. The number of nitrogens with one attached hydrogen (secondary N) is 1. The minimum atomic E-state index is 0.571. The van der Waals surface area contributed by atoms with Crippen molar-refractivity contribution in [2.45, 2.75) is 47.0 Å². The summed E-state index contributed by atoms with van der Waals surface area (Å²) < 4.78 is 0. The van der Waals surface area contributed by atoms with Gasteiger partial charge in [-0.25, -0.2) is 9.97 Å². The monoisotopic (exact) mass is 236 g/mol. The van der Waals surface area contributed by atoms with Crippen molar-refractivity contribution >= 4 is 11.6 Å². The maximum atomic E-state index is 5.80. The van der Waals surface area contributed by atoms with Gasteiger partial charge in [-0.1, -0.05) is 26.7 Å². The van der Waals surface area contributed by atoms with Crippen LogP contribution >= 0.6 is 0 Å². The van der Waals surface area contributed by atoms with Crippen LogP contribution in [-0.4, -0.2) is 16.5 Å². The normalized spacial score (nSPS) is 10.9. The lowest BCUT2D eigenvalue weighted by Gasteiger charge is -2.11. The van der Waals surface area contributed by atoms with Crippen molar-refractivity contribution in [3.8, 4) is 0 Å². The summed E-state index contributed by atoms with van der Waals surface area (Å²) in [6.07, 6.45) is 3.70. The van der Waals surface area contributed by atoms with E-state index in [0.717, 1.165) is 29.7 Å². The van der Waals surface area contributed by atoms with Crippen LogP contribution in [0.2, 0.25) is 0 Å². The van der Waals surface area contributed by atoms with Crippen molar-refractivity contribution in [2.75, 3.05) is 17.6 Å². The molecule has 0 saturated carbocycles. The van der Waals surface area contributed by atoms with Crippen LogP contribution in [0.15, 0.2) is 0 Å². The van der Waals surface area contributed by atoms with Crippen LogP contribution in [0, 0.1) is 19.8 Å². The first kappa shape index (κ1) is 13.7. The second-order valence-corrected chi connectivity index (χ2v) is 4.95. The third-order valence-corrected chi connectivity index (χ3v) is 2.80. The van der Waals surface area contributed by atoms with Gasteiger partial charge in [0.15, 0.2) is 0 Å². The van der Waals surface area contributed by atoms with E-state index in [1.807, 2.05) is 13.8 Å². The van der Waals surface area contributed by atoms with E-state index < -0.39 is 0 Å². The summed E-state index contributed by atoms with van der Waals surface area (Å²) in [5, 5.41) is 3.34. The number of hydrogen-bond acceptors (Lipinski definition) is 4. The summed E-state index contributed by atoms with van der Waals surface area (Å²) in [6, 6.07) is 0. The van der Waals surface area contributed by atoms with Crippen molar-refractivity contribution in [3.63, 3.8) is 0 Å². The first-order valence-electron chi connectivity index (χ1n) is 6.35. The Hall–Kier alpha value is -1.32. The summed E-state index contributed by atoms with van der Waals surface area (Å²) in [4.78, 5) is 8.49. The van der Waals surface area contributed by atoms with E-state index in [9.17, 15) is 0 Å². The van der Waals surface area contributed by atoms with Crippen molar-refractivity contribution in [1.29, 1.82) is 0 Å². The molecular weight excluding hydrogens is 212 g/mol. The molecule has 0 aliphatic heterocycles. The number of rotatable bonds is 6. The van der Waals surface area contributed by atoms with E-state index in [2.05, 4.69) is 29.1 Å². The summed E-state index contributed by atoms with van der Waals surface area (Å²) in [6.45, 7) is 9.27. The summed E-state index contributed by atoms with van der Waals surface area (Å²) in [5.74, 6) is 2.95. The minimum Gasteiger partial charge on any atom is -0.383 e. The minimum absolute atomic E-state index is 0.571. The number of anilines is 2. The van der Waals surface area contributed by atoms with E-state index >= 15 is 0 Å². The first-order valence-corrected chi connectivity index (χ1v) is 6.35. The average Bonchev–Trinajstić information content (AvgIpc) is 2.23. The number of aryl methyl sites for hydroxylation is 1. The van der Waals surface area contributed by atoms with Gasteiger partial charge < -0.3 is 11.1 Å². The predicted molar refractivity (Wildman–Crippen MR) is 73.1 cm³/mol. The van der Waals surface area contributed by atoms with Crippen LogP contribution in [0.1, 0.15) is 44.5 Å². The molecular formula is C13H24N4. The molecule has 0 aromatic carbocycles. The Morgan fingerprint density at radius 1 is 1.18 bits per heavy atom. The fourth-order valence-electron chi connectivity index (χ4n) is 1.71. The molecule has 0 spiro atoms. The Morgan fingerprint density at radius 2 is 1.88 bits per heavy atom. The molecule has 0 unspecified atom stereocenters. The lowest BCUT2D eigenvalue weighted by molar-refractivity contribution is 0.544. The van der Waals surface area contributed by atoms with Crippen LogP contribution in [0.5, 0.6) is 0 Å². The van der Waals surface area contributed by atoms with Crippen molar-refractivity contribution < 1.29 is 0 Å². The SMILES string of the molecule is Cc1nc(N)c(C)c(NCCCCC(C)C)n1. The van der Waals surface area contributed by atoms with Gasteiger partial charge in [0.2, 0.25) is 0 Å². The Morgan fingerprint density at radius 3 is 2.53 bits per heavy atom. The zero-order valence-corrected chi connectivity index (χ0v) is 11.4. The van der Waals surface area contributed by atoms with Crippen molar-refractivity contribution in [3.05, 3.63) is 11.4 Å². The maximum absolute atomic E-state index is 5.80. The number of nitrogens with two attached hydrogens (primary N) is 1. The van der Waals surface area contributed by atoms with Gasteiger partial charge in [0.25, 0.3) is 0 Å². The molecule has 0 atom stereocenters. The smallest absolute Gasteiger partial charge is 0.134 e. The third kappa shape index (κ3) is 4.59. The van der Waals surface area contributed by atoms with Gasteiger partial charge in [-0.2, -0.15) is 0 Å². The van der Waals surface area contributed by atoms with E-state index in [4.69, 9.17) is 5.73 Å².